The summed E-state index contributed by atoms with van der Waals surface area (Å²) in [5, 5.41) is 0. The summed E-state index contributed by atoms with van der Waals surface area (Å²) in [5.74, 6) is -1.85. The van der Waals surface area contributed by atoms with Crippen LogP contribution in [0.3, 0.4) is 0 Å². The number of benzene rings is 1. The Bertz CT molecular complexity index is 717. The van der Waals surface area contributed by atoms with Crippen LogP contribution in [0.25, 0.3) is 0 Å². The van der Waals surface area contributed by atoms with E-state index in [1.807, 2.05) is 4.90 Å². The number of pyridine rings is 1. The third-order valence-corrected chi connectivity index (χ3v) is 3.98. The Hall–Kier alpha value is -2.22. The van der Waals surface area contributed by atoms with Crippen LogP contribution in [0.15, 0.2) is 30.5 Å². The van der Waals surface area contributed by atoms with E-state index in [0.29, 0.717) is 6.20 Å². The Morgan fingerprint density at radius 2 is 1.68 bits per heavy atom. The van der Waals surface area contributed by atoms with E-state index in [4.69, 9.17) is 4.74 Å². The van der Waals surface area contributed by atoms with Crippen LogP contribution < -0.4 is 4.74 Å². The zero-order valence-electron chi connectivity index (χ0n) is 13.1. The molecule has 134 valence electrons. The molecule has 1 fully saturated rings. The third-order valence-electron chi connectivity index (χ3n) is 3.98. The molecule has 1 saturated heterocycles. The summed E-state index contributed by atoms with van der Waals surface area (Å²) >= 11 is 0. The topological polar surface area (TPSA) is 25.4 Å². The van der Waals surface area contributed by atoms with Gasteiger partial charge in [-0.05, 0) is 32.0 Å². The minimum absolute atomic E-state index is 0.0466. The molecule has 3 nitrogen and oxygen atoms in total. The SMILES string of the molecule is Fc1cc(Oc2ccc(C(F)(F)F)cn2)cc(F)c1CN1CCCC1. The normalized spacial score (nSPS) is 15.6. The van der Waals surface area contributed by atoms with Gasteiger partial charge in [0.15, 0.2) is 0 Å². The van der Waals surface area contributed by atoms with Crippen molar-refractivity contribution in [3.05, 3.63) is 53.2 Å². The van der Waals surface area contributed by atoms with Gasteiger partial charge in [0.25, 0.3) is 0 Å². The molecule has 0 spiro atoms. The lowest BCUT2D eigenvalue weighted by molar-refractivity contribution is -0.137. The number of alkyl halides is 3. The lowest BCUT2D eigenvalue weighted by Gasteiger charge is -2.16. The van der Waals surface area contributed by atoms with E-state index >= 15 is 0 Å². The van der Waals surface area contributed by atoms with E-state index in [1.165, 1.54) is 0 Å². The van der Waals surface area contributed by atoms with Gasteiger partial charge in [-0.25, -0.2) is 13.8 Å². The van der Waals surface area contributed by atoms with Crippen molar-refractivity contribution < 1.29 is 26.7 Å². The van der Waals surface area contributed by atoms with Crippen molar-refractivity contribution in [3.63, 3.8) is 0 Å². The van der Waals surface area contributed by atoms with Crippen molar-refractivity contribution in [2.45, 2.75) is 25.6 Å². The van der Waals surface area contributed by atoms with Gasteiger partial charge in [-0.15, -0.1) is 0 Å². The fraction of sp³-hybridized carbons (Fsp3) is 0.353. The molecular formula is C17H15F5N2O. The highest BCUT2D eigenvalue weighted by Gasteiger charge is 2.30. The van der Waals surface area contributed by atoms with E-state index in [0.717, 1.165) is 50.2 Å². The van der Waals surface area contributed by atoms with Crippen LogP contribution in [0, 0.1) is 11.6 Å². The van der Waals surface area contributed by atoms with Gasteiger partial charge in [0.1, 0.15) is 17.4 Å². The molecule has 0 saturated carbocycles. The van der Waals surface area contributed by atoms with Crippen molar-refractivity contribution in [1.82, 2.24) is 9.88 Å². The van der Waals surface area contributed by atoms with Gasteiger partial charge < -0.3 is 4.74 Å². The van der Waals surface area contributed by atoms with Crippen LogP contribution in [0.5, 0.6) is 11.6 Å². The predicted molar refractivity (Wildman–Crippen MR) is 80.2 cm³/mol. The molecule has 1 aromatic heterocycles. The predicted octanol–water partition coefficient (Wildman–Crippen LogP) is 4.77. The molecule has 2 aromatic rings. The van der Waals surface area contributed by atoms with E-state index in [2.05, 4.69) is 4.98 Å². The molecule has 1 aliphatic heterocycles. The van der Waals surface area contributed by atoms with Crippen LogP contribution in [0.1, 0.15) is 24.0 Å². The zero-order valence-corrected chi connectivity index (χ0v) is 13.1. The Balaban J connectivity index is 1.74. The number of hydrogen-bond acceptors (Lipinski definition) is 3. The summed E-state index contributed by atoms with van der Waals surface area (Å²) in [7, 11) is 0. The minimum atomic E-state index is -4.51. The smallest absolute Gasteiger partial charge is 0.417 e. The maximum absolute atomic E-state index is 14.2. The van der Waals surface area contributed by atoms with Gasteiger partial charge in [-0.1, -0.05) is 0 Å². The number of aromatic nitrogens is 1. The number of nitrogens with zero attached hydrogens (tertiary/aromatic N) is 2. The number of rotatable bonds is 4. The van der Waals surface area contributed by atoms with E-state index in [-0.39, 0.29) is 23.7 Å². The summed E-state index contributed by atoms with van der Waals surface area (Å²) in [6, 6.07) is 3.80. The van der Waals surface area contributed by atoms with E-state index in [1.54, 1.807) is 0 Å². The quantitative estimate of drug-likeness (QED) is 0.737. The zero-order chi connectivity index (χ0) is 18.0. The lowest BCUT2D eigenvalue weighted by Crippen LogP contribution is -2.20. The molecule has 0 N–H and O–H groups in total. The second-order valence-electron chi connectivity index (χ2n) is 5.83. The Kier molecular flexibility index (Phi) is 4.89. The largest absolute Gasteiger partial charge is 0.439 e. The molecule has 8 heteroatoms. The standard InChI is InChI=1S/C17H15F5N2O/c18-14-7-12(8-15(19)13(14)10-24-5-1-2-6-24)25-16-4-3-11(9-23-16)17(20,21)22/h3-4,7-9H,1-2,5-6,10H2. The summed E-state index contributed by atoms with van der Waals surface area (Å²) < 4.78 is 70.9. The Morgan fingerprint density at radius 1 is 1.04 bits per heavy atom. The molecule has 3 rings (SSSR count). The second-order valence-corrected chi connectivity index (χ2v) is 5.83. The fourth-order valence-corrected chi connectivity index (χ4v) is 2.68. The molecule has 0 aliphatic carbocycles. The van der Waals surface area contributed by atoms with Crippen molar-refractivity contribution in [1.29, 1.82) is 0 Å². The van der Waals surface area contributed by atoms with Crippen LogP contribution >= 0.6 is 0 Å². The highest BCUT2D eigenvalue weighted by Crippen LogP contribution is 2.31. The van der Waals surface area contributed by atoms with Gasteiger partial charge in [-0.2, -0.15) is 13.2 Å². The first-order valence-electron chi connectivity index (χ1n) is 7.74. The third kappa shape index (κ3) is 4.25. The molecule has 25 heavy (non-hydrogen) atoms. The summed E-state index contributed by atoms with van der Waals surface area (Å²) in [5.41, 5.74) is -0.979. The van der Waals surface area contributed by atoms with Crippen molar-refractivity contribution in [2.24, 2.45) is 0 Å². The number of halogens is 5. The average Bonchev–Trinajstić information content (AvgIpc) is 3.04. The molecule has 2 heterocycles. The van der Waals surface area contributed by atoms with E-state index < -0.39 is 23.4 Å². The fourth-order valence-electron chi connectivity index (χ4n) is 2.68. The average molecular weight is 358 g/mol. The lowest BCUT2D eigenvalue weighted by atomic mass is 10.1. The number of likely N-dealkylation sites (tertiary alicyclic amines) is 1. The molecule has 0 radical (unpaired) electrons. The molecule has 0 atom stereocenters. The molecule has 0 unspecified atom stereocenters. The van der Waals surface area contributed by atoms with Gasteiger partial charge in [0.05, 0.1) is 5.56 Å². The maximum Gasteiger partial charge on any atom is 0.417 e. The van der Waals surface area contributed by atoms with Gasteiger partial charge in [0, 0.05) is 36.5 Å². The minimum Gasteiger partial charge on any atom is -0.439 e. The highest BCUT2D eigenvalue weighted by atomic mass is 19.4. The van der Waals surface area contributed by atoms with Crippen LogP contribution in [-0.2, 0) is 12.7 Å². The number of hydrogen-bond donors (Lipinski definition) is 0. The first-order valence-corrected chi connectivity index (χ1v) is 7.74. The second kappa shape index (κ2) is 6.95. The summed E-state index contributed by atoms with van der Waals surface area (Å²) in [6.07, 6.45) is -1.90. The molecular weight excluding hydrogens is 343 g/mol. The highest BCUT2D eigenvalue weighted by molar-refractivity contribution is 5.33. The van der Waals surface area contributed by atoms with Crippen molar-refractivity contribution >= 4 is 0 Å². The summed E-state index contributed by atoms with van der Waals surface area (Å²) in [6.45, 7) is 1.77. The molecule has 1 aromatic carbocycles. The summed E-state index contributed by atoms with van der Waals surface area (Å²) in [4.78, 5) is 5.47. The number of ether oxygens (including phenoxy) is 1. The van der Waals surface area contributed by atoms with Crippen LogP contribution in [-0.4, -0.2) is 23.0 Å². The van der Waals surface area contributed by atoms with Crippen LogP contribution in [0.2, 0.25) is 0 Å². The molecule has 1 aliphatic rings. The van der Waals surface area contributed by atoms with Crippen molar-refractivity contribution in [2.75, 3.05) is 13.1 Å². The molecule has 0 bridgehead atoms. The van der Waals surface area contributed by atoms with Crippen LogP contribution in [0.4, 0.5) is 22.0 Å². The monoisotopic (exact) mass is 358 g/mol. The van der Waals surface area contributed by atoms with Crippen molar-refractivity contribution in [3.8, 4) is 11.6 Å². The first kappa shape index (κ1) is 17.6. The van der Waals surface area contributed by atoms with Gasteiger partial charge in [0.2, 0.25) is 5.88 Å². The molecule has 0 amide bonds. The first-order chi connectivity index (χ1) is 11.8. The Labute approximate surface area is 141 Å². The van der Waals surface area contributed by atoms with E-state index in [9.17, 15) is 22.0 Å². The van der Waals surface area contributed by atoms with Gasteiger partial charge >= 0.3 is 6.18 Å². The van der Waals surface area contributed by atoms with Gasteiger partial charge in [-0.3, -0.25) is 4.90 Å². The Morgan fingerprint density at radius 3 is 2.20 bits per heavy atom. The maximum atomic E-state index is 14.2.